The summed E-state index contributed by atoms with van der Waals surface area (Å²) in [7, 11) is 0. The van der Waals surface area contributed by atoms with E-state index in [-0.39, 0.29) is 24.5 Å². The van der Waals surface area contributed by atoms with Gasteiger partial charge in [0.15, 0.2) is 11.7 Å². The van der Waals surface area contributed by atoms with Crippen LogP contribution in [0.5, 0.6) is 0 Å². The summed E-state index contributed by atoms with van der Waals surface area (Å²) in [4.78, 5) is 40.2. The molecule has 0 fully saturated rings. The molecule has 0 aliphatic heterocycles. The minimum absolute atomic E-state index is 0.231. The molecule has 134 valence electrons. The predicted octanol–water partition coefficient (Wildman–Crippen LogP) is 2.14. The van der Waals surface area contributed by atoms with Crippen LogP contribution in [-0.2, 0) is 16.1 Å². The third kappa shape index (κ3) is 3.65. The molecule has 0 amide bonds. The van der Waals surface area contributed by atoms with Gasteiger partial charge in [0.25, 0.3) is 5.56 Å². The lowest BCUT2D eigenvalue weighted by Gasteiger charge is -2.07. The van der Waals surface area contributed by atoms with Crippen LogP contribution in [0.25, 0.3) is 5.13 Å². The van der Waals surface area contributed by atoms with Crippen molar-refractivity contribution in [3.05, 3.63) is 69.3 Å². The fourth-order valence-electron chi connectivity index (χ4n) is 2.67. The summed E-state index contributed by atoms with van der Waals surface area (Å²) in [5.74, 6) is -0.935. The van der Waals surface area contributed by atoms with E-state index in [9.17, 15) is 14.4 Å². The summed E-state index contributed by atoms with van der Waals surface area (Å²) in [5, 5.41) is 2.64. The van der Waals surface area contributed by atoms with E-state index in [1.807, 2.05) is 23.8 Å². The number of ketones is 1. The van der Waals surface area contributed by atoms with Gasteiger partial charge >= 0.3 is 5.97 Å². The molecule has 0 spiro atoms. The van der Waals surface area contributed by atoms with E-state index in [4.69, 9.17) is 4.74 Å². The lowest BCUT2D eigenvalue weighted by Crippen LogP contribution is -2.25. The summed E-state index contributed by atoms with van der Waals surface area (Å²) < 4.78 is 8.16. The van der Waals surface area contributed by atoms with Crippen LogP contribution in [-0.4, -0.2) is 32.5 Å². The molecular formula is C18H17N3O4S. The van der Waals surface area contributed by atoms with Crippen LogP contribution >= 0.6 is 11.3 Å². The van der Waals surface area contributed by atoms with Crippen molar-refractivity contribution in [2.24, 2.45) is 0 Å². The van der Waals surface area contributed by atoms with E-state index in [1.54, 1.807) is 24.4 Å². The molecule has 8 heteroatoms. The van der Waals surface area contributed by atoms with Gasteiger partial charge in [-0.2, -0.15) is 0 Å². The number of nitrogens with zero attached hydrogens (tertiary/aromatic N) is 3. The van der Waals surface area contributed by atoms with Gasteiger partial charge in [0.1, 0.15) is 6.54 Å². The molecule has 0 unspecified atom stereocenters. The third-order valence-corrected chi connectivity index (χ3v) is 4.66. The molecule has 3 rings (SSSR count). The molecule has 0 saturated carbocycles. The highest BCUT2D eigenvalue weighted by Crippen LogP contribution is 2.22. The second-order valence-electron chi connectivity index (χ2n) is 5.69. The van der Waals surface area contributed by atoms with Gasteiger partial charge in [-0.15, -0.1) is 11.3 Å². The van der Waals surface area contributed by atoms with Crippen LogP contribution in [0.4, 0.5) is 0 Å². The summed E-state index contributed by atoms with van der Waals surface area (Å²) in [6, 6.07) is 6.35. The number of hydrogen-bond acceptors (Lipinski definition) is 6. The maximum Gasteiger partial charge on any atom is 0.326 e. The second kappa shape index (κ2) is 7.49. The minimum atomic E-state index is -0.639. The number of ether oxygens (including phenoxy) is 1. The van der Waals surface area contributed by atoms with Gasteiger partial charge in [-0.1, -0.05) is 6.07 Å². The van der Waals surface area contributed by atoms with Gasteiger partial charge in [-0.25, -0.2) is 4.98 Å². The van der Waals surface area contributed by atoms with E-state index < -0.39 is 5.97 Å². The second-order valence-corrected chi connectivity index (χ2v) is 6.56. The lowest BCUT2D eigenvalue weighted by atomic mass is 10.1. The number of Topliss-reactive ketones (excluding diaryl/α,β-unsaturated/α-hetero) is 1. The molecule has 0 radical (unpaired) electrons. The van der Waals surface area contributed by atoms with Gasteiger partial charge in [0.05, 0.1) is 0 Å². The number of aromatic nitrogens is 3. The monoisotopic (exact) mass is 371 g/mol. The standard InChI is InChI=1S/C18H17N3O4S/c1-12-9-14(13(2)21(12)18-19-6-8-26-18)15(22)11-25-17(24)10-20-7-4-3-5-16(20)23/h3-9H,10-11H2,1-2H3. The van der Waals surface area contributed by atoms with Crippen LogP contribution in [0.15, 0.2) is 46.8 Å². The van der Waals surface area contributed by atoms with Crippen molar-refractivity contribution in [3.63, 3.8) is 0 Å². The number of aryl methyl sites for hydroxylation is 1. The molecule has 0 bridgehead atoms. The van der Waals surface area contributed by atoms with Crippen molar-refractivity contribution >= 4 is 23.1 Å². The predicted molar refractivity (Wildman–Crippen MR) is 96.9 cm³/mol. The van der Waals surface area contributed by atoms with E-state index >= 15 is 0 Å². The largest absolute Gasteiger partial charge is 0.456 e. The van der Waals surface area contributed by atoms with E-state index in [0.717, 1.165) is 16.5 Å². The molecular weight excluding hydrogens is 354 g/mol. The van der Waals surface area contributed by atoms with Crippen molar-refractivity contribution in [2.45, 2.75) is 20.4 Å². The number of thiazole rings is 1. The van der Waals surface area contributed by atoms with Crippen molar-refractivity contribution in [1.29, 1.82) is 0 Å². The Bertz CT molecular complexity index is 1000. The molecule has 0 aliphatic rings. The first-order valence-electron chi connectivity index (χ1n) is 7.90. The smallest absolute Gasteiger partial charge is 0.326 e. The number of rotatable bonds is 6. The van der Waals surface area contributed by atoms with Crippen LogP contribution in [0, 0.1) is 13.8 Å². The average molecular weight is 371 g/mol. The molecule has 7 nitrogen and oxygen atoms in total. The Hall–Kier alpha value is -3.00. The normalized spacial score (nSPS) is 10.7. The van der Waals surface area contributed by atoms with Crippen LogP contribution in [0.1, 0.15) is 21.7 Å². The Morgan fingerprint density at radius 3 is 2.77 bits per heavy atom. The lowest BCUT2D eigenvalue weighted by molar-refractivity contribution is -0.143. The topological polar surface area (TPSA) is 83.2 Å². The van der Waals surface area contributed by atoms with Gasteiger partial charge < -0.3 is 9.30 Å². The van der Waals surface area contributed by atoms with E-state index in [1.165, 1.54) is 28.2 Å². The third-order valence-electron chi connectivity index (χ3n) is 3.90. The van der Waals surface area contributed by atoms with Crippen LogP contribution in [0.3, 0.4) is 0 Å². The molecule has 3 aromatic heterocycles. The average Bonchev–Trinajstić information content (AvgIpc) is 3.22. The Kier molecular flexibility index (Phi) is 5.13. The molecule has 3 aromatic rings. The Morgan fingerprint density at radius 1 is 1.27 bits per heavy atom. The molecule has 26 heavy (non-hydrogen) atoms. The maximum absolute atomic E-state index is 12.4. The molecule has 3 heterocycles. The van der Waals surface area contributed by atoms with E-state index in [0.29, 0.717) is 5.56 Å². The summed E-state index contributed by atoms with van der Waals surface area (Å²) >= 11 is 1.47. The first-order valence-corrected chi connectivity index (χ1v) is 8.78. The number of carbonyl (C=O) groups excluding carboxylic acids is 2. The highest BCUT2D eigenvalue weighted by Gasteiger charge is 2.19. The van der Waals surface area contributed by atoms with E-state index in [2.05, 4.69) is 4.98 Å². The minimum Gasteiger partial charge on any atom is -0.456 e. The van der Waals surface area contributed by atoms with Crippen molar-refractivity contribution < 1.29 is 14.3 Å². The highest BCUT2D eigenvalue weighted by atomic mass is 32.1. The first-order chi connectivity index (χ1) is 12.5. The SMILES string of the molecule is Cc1cc(C(=O)COC(=O)Cn2ccccc2=O)c(C)n1-c1nccs1. The quantitative estimate of drug-likeness (QED) is 0.490. The fourth-order valence-corrected chi connectivity index (χ4v) is 3.42. The number of esters is 1. The van der Waals surface area contributed by atoms with Crippen molar-refractivity contribution in [2.75, 3.05) is 6.61 Å². The van der Waals surface area contributed by atoms with Crippen molar-refractivity contribution in [1.82, 2.24) is 14.1 Å². The molecule has 0 N–H and O–H groups in total. The summed E-state index contributed by atoms with van der Waals surface area (Å²) in [6.45, 7) is 3.11. The Labute approximate surface area is 153 Å². The van der Waals surface area contributed by atoms with Gasteiger partial charge in [0, 0.05) is 40.8 Å². The Balaban J connectivity index is 1.67. The zero-order valence-corrected chi connectivity index (χ0v) is 15.2. The zero-order chi connectivity index (χ0) is 18.7. The highest BCUT2D eigenvalue weighted by molar-refractivity contribution is 7.12. The molecule has 0 saturated heterocycles. The number of carbonyl (C=O) groups is 2. The number of pyridine rings is 1. The number of hydrogen-bond donors (Lipinski definition) is 0. The first kappa shape index (κ1) is 17.8. The van der Waals surface area contributed by atoms with Crippen LogP contribution < -0.4 is 5.56 Å². The van der Waals surface area contributed by atoms with Gasteiger partial charge in [0.2, 0.25) is 5.78 Å². The molecule has 0 aliphatic carbocycles. The summed E-state index contributed by atoms with van der Waals surface area (Å²) in [6.07, 6.45) is 3.20. The maximum atomic E-state index is 12.4. The van der Waals surface area contributed by atoms with Gasteiger partial charge in [-0.3, -0.25) is 19.0 Å². The molecule has 0 aromatic carbocycles. The molecule has 0 atom stereocenters. The summed E-state index contributed by atoms with van der Waals surface area (Å²) in [5.41, 5.74) is 1.81. The van der Waals surface area contributed by atoms with Gasteiger partial charge in [-0.05, 0) is 26.0 Å². The van der Waals surface area contributed by atoms with Crippen molar-refractivity contribution in [3.8, 4) is 5.13 Å². The Morgan fingerprint density at radius 2 is 2.08 bits per heavy atom. The van der Waals surface area contributed by atoms with Crippen LogP contribution in [0.2, 0.25) is 0 Å². The zero-order valence-electron chi connectivity index (χ0n) is 14.3. The fraction of sp³-hybridized carbons (Fsp3) is 0.222.